The summed E-state index contributed by atoms with van der Waals surface area (Å²) in [5, 5.41) is 3.33. The van der Waals surface area contributed by atoms with E-state index in [0.29, 0.717) is 24.0 Å². The van der Waals surface area contributed by atoms with Gasteiger partial charge in [-0.3, -0.25) is 4.99 Å². The van der Waals surface area contributed by atoms with E-state index >= 15 is 0 Å². The van der Waals surface area contributed by atoms with Gasteiger partial charge in [-0.2, -0.15) is 0 Å². The Hall–Kier alpha value is -0.770. The predicted molar refractivity (Wildman–Crippen MR) is 70.0 cm³/mol. The van der Waals surface area contributed by atoms with E-state index in [0.717, 1.165) is 26.0 Å². The number of nitrogens with one attached hydrogen (secondary N) is 1. The number of aliphatic imine (C=N–C) groups is 1. The van der Waals surface area contributed by atoms with Crippen LogP contribution in [0.5, 0.6) is 0 Å². The van der Waals surface area contributed by atoms with Crippen LogP contribution < -0.4 is 11.1 Å². The van der Waals surface area contributed by atoms with Crippen LogP contribution in [0.1, 0.15) is 45.4 Å². The third-order valence-corrected chi connectivity index (χ3v) is 3.82. The summed E-state index contributed by atoms with van der Waals surface area (Å²) >= 11 is 0. The summed E-state index contributed by atoms with van der Waals surface area (Å²) in [5.41, 5.74) is 5.91. The molecule has 4 nitrogen and oxygen atoms in total. The lowest BCUT2D eigenvalue weighted by Crippen LogP contribution is -2.39. The fourth-order valence-electron chi connectivity index (χ4n) is 2.81. The summed E-state index contributed by atoms with van der Waals surface area (Å²) < 4.78 is 5.53. The van der Waals surface area contributed by atoms with Crippen molar-refractivity contribution in [2.24, 2.45) is 16.6 Å². The average Bonchev–Trinajstić information content (AvgIpc) is 2.79. The van der Waals surface area contributed by atoms with Crippen molar-refractivity contribution in [1.29, 1.82) is 0 Å². The van der Waals surface area contributed by atoms with Gasteiger partial charge in [-0.15, -0.1) is 0 Å². The van der Waals surface area contributed by atoms with Crippen molar-refractivity contribution in [3.63, 3.8) is 0 Å². The van der Waals surface area contributed by atoms with Crippen LogP contribution in [0.15, 0.2) is 4.99 Å². The second-order valence-electron chi connectivity index (χ2n) is 5.42. The topological polar surface area (TPSA) is 59.6 Å². The fraction of sp³-hybridized carbons (Fsp3) is 0.923. The number of hydrogen-bond acceptors (Lipinski definition) is 2. The SMILES string of the molecule is CC1CC(CN=C(N)NC2CCCC2)CCO1. The monoisotopic (exact) mass is 239 g/mol. The molecule has 0 radical (unpaired) electrons. The van der Waals surface area contributed by atoms with Crippen LogP contribution in [0.2, 0.25) is 0 Å². The summed E-state index contributed by atoms with van der Waals surface area (Å²) in [5.74, 6) is 1.28. The molecule has 3 N–H and O–H groups in total. The fourth-order valence-corrected chi connectivity index (χ4v) is 2.81. The zero-order valence-electron chi connectivity index (χ0n) is 10.8. The first-order chi connectivity index (χ1) is 8.24. The molecule has 2 fully saturated rings. The molecular weight excluding hydrogens is 214 g/mol. The lowest BCUT2D eigenvalue weighted by atomic mass is 9.96. The zero-order chi connectivity index (χ0) is 12.1. The van der Waals surface area contributed by atoms with Crippen LogP contribution >= 0.6 is 0 Å². The van der Waals surface area contributed by atoms with Crippen LogP contribution in [0.25, 0.3) is 0 Å². The molecule has 0 spiro atoms. The number of rotatable bonds is 3. The van der Waals surface area contributed by atoms with Gasteiger partial charge in [0.05, 0.1) is 6.10 Å². The molecule has 2 aliphatic rings. The van der Waals surface area contributed by atoms with E-state index in [1.54, 1.807) is 0 Å². The summed E-state index contributed by atoms with van der Waals surface area (Å²) in [6, 6.07) is 0.562. The molecule has 1 saturated heterocycles. The standard InChI is InChI=1S/C13H25N3O/c1-10-8-11(6-7-17-10)9-15-13(14)16-12-4-2-3-5-12/h10-12H,2-9H2,1H3,(H3,14,15,16). The van der Waals surface area contributed by atoms with Gasteiger partial charge in [0.1, 0.15) is 0 Å². The van der Waals surface area contributed by atoms with E-state index in [4.69, 9.17) is 10.5 Å². The smallest absolute Gasteiger partial charge is 0.188 e. The molecule has 1 heterocycles. The van der Waals surface area contributed by atoms with Gasteiger partial charge in [-0.1, -0.05) is 12.8 Å². The van der Waals surface area contributed by atoms with E-state index in [2.05, 4.69) is 17.2 Å². The van der Waals surface area contributed by atoms with Crippen LogP contribution in [0, 0.1) is 5.92 Å². The van der Waals surface area contributed by atoms with Crippen molar-refractivity contribution in [1.82, 2.24) is 5.32 Å². The highest BCUT2D eigenvalue weighted by molar-refractivity contribution is 5.78. The van der Waals surface area contributed by atoms with Crippen molar-refractivity contribution >= 4 is 5.96 Å². The predicted octanol–water partition coefficient (Wildman–Crippen LogP) is 1.65. The van der Waals surface area contributed by atoms with Crippen molar-refractivity contribution < 1.29 is 4.74 Å². The van der Waals surface area contributed by atoms with Crippen LogP contribution in [-0.4, -0.2) is 31.3 Å². The van der Waals surface area contributed by atoms with Gasteiger partial charge in [0, 0.05) is 19.2 Å². The molecule has 0 amide bonds. The molecule has 2 unspecified atom stereocenters. The molecule has 1 aliphatic heterocycles. The quantitative estimate of drug-likeness (QED) is 0.581. The molecule has 0 aromatic rings. The van der Waals surface area contributed by atoms with Gasteiger partial charge >= 0.3 is 0 Å². The Morgan fingerprint density at radius 3 is 2.82 bits per heavy atom. The normalized spacial score (nSPS) is 31.7. The van der Waals surface area contributed by atoms with Crippen LogP contribution in [0.3, 0.4) is 0 Å². The molecule has 2 atom stereocenters. The minimum Gasteiger partial charge on any atom is -0.378 e. The van der Waals surface area contributed by atoms with Crippen molar-refractivity contribution in [3.8, 4) is 0 Å². The maximum absolute atomic E-state index is 5.91. The van der Waals surface area contributed by atoms with Gasteiger partial charge in [0.2, 0.25) is 0 Å². The Morgan fingerprint density at radius 2 is 2.12 bits per heavy atom. The minimum absolute atomic E-state index is 0.382. The highest BCUT2D eigenvalue weighted by Gasteiger charge is 2.19. The Balaban J connectivity index is 1.70. The summed E-state index contributed by atoms with van der Waals surface area (Å²) in [6.07, 6.45) is 7.73. The van der Waals surface area contributed by atoms with E-state index in [1.807, 2.05) is 0 Å². The highest BCUT2D eigenvalue weighted by atomic mass is 16.5. The molecule has 1 saturated carbocycles. The number of nitrogens with two attached hydrogens (primary N) is 1. The third-order valence-electron chi connectivity index (χ3n) is 3.82. The molecule has 0 bridgehead atoms. The molecule has 4 heteroatoms. The van der Waals surface area contributed by atoms with E-state index < -0.39 is 0 Å². The van der Waals surface area contributed by atoms with Gasteiger partial charge in [0.25, 0.3) is 0 Å². The zero-order valence-corrected chi connectivity index (χ0v) is 10.8. The van der Waals surface area contributed by atoms with Gasteiger partial charge in [-0.25, -0.2) is 0 Å². The van der Waals surface area contributed by atoms with Gasteiger partial charge in [-0.05, 0) is 38.5 Å². The van der Waals surface area contributed by atoms with Crippen molar-refractivity contribution in [3.05, 3.63) is 0 Å². The number of hydrogen-bond donors (Lipinski definition) is 2. The molecule has 0 aromatic heterocycles. The van der Waals surface area contributed by atoms with Gasteiger partial charge < -0.3 is 15.8 Å². The number of ether oxygens (including phenoxy) is 1. The van der Waals surface area contributed by atoms with E-state index in [9.17, 15) is 0 Å². The first kappa shape index (κ1) is 12.7. The second-order valence-corrected chi connectivity index (χ2v) is 5.42. The molecule has 0 aromatic carbocycles. The Kier molecular flexibility index (Phi) is 4.66. The van der Waals surface area contributed by atoms with E-state index in [1.165, 1.54) is 25.7 Å². The van der Waals surface area contributed by atoms with Crippen molar-refractivity contribution in [2.75, 3.05) is 13.2 Å². The molecule has 1 aliphatic carbocycles. The molecule has 2 rings (SSSR count). The summed E-state index contributed by atoms with van der Waals surface area (Å²) in [4.78, 5) is 4.47. The number of guanidine groups is 1. The molecule has 17 heavy (non-hydrogen) atoms. The van der Waals surface area contributed by atoms with Crippen molar-refractivity contribution in [2.45, 2.75) is 57.6 Å². The number of nitrogens with zero attached hydrogens (tertiary/aromatic N) is 1. The Labute approximate surface area is 104 Å². The first-order valence-electron chi connectivity index (χ1n) is 6.92. The molecule has 98 valence electrons. The second kappa shape index (κ2) is 6.24. The maximum atomic E-state index is 5.91. The minimum atomic E-state index is 0.382. The summed E-state index contributed by atoms with van der Waals surface area (Å²) in [7, 11) is 0. The Morgan fingerprint density at radius 1 is 1.35 bits per heavy atom. The molecular formula is C13H25N3O. The van der Waals surface area contributed by atoms with E-state index in [-0.39, 0.29) is 0 Å². The lowest BCUT2D eigenvalue weighted by Gasteiger charge is -2.26. The summed E-state index contributed by atoms with van der Waals surface area (Å²) in [6.45, 7) is 3.85. The lowest BCUT2D eigenvalue weighted by molar-refractivity contribution is 0.00481. The average molecular weight is 239 g/mol. The van der Waals surface area contributed by atoms with Crippen LogP contribution in [0.4, 0.5) is 0 Å². The first-order valence-corrected chi connectivity index (χ1v) is 6.92. The Bertz CT molecular complexity index is 261. The largest absolute Gasteiger partial charge is 0.378 e. The highest BCUT2D eigenvalue weighted by Crippen LogP contribution is 2.20. The maximum Gasteiger partial charge on any atom is 0.188 e. The third kappa shape index (κ3) is 4.19. The van der Waals surface area contributed by atoms with Crippen LogP contribution in [-0.2, 0) is 4.74 Å². The van der Waals surface area contributed by atoms with Gasteiger partial charge in [0.15, 0.2) is 5.96 Å².